The maximum Gasteiger partial charge on any atom is 0.337 e. The van der Waals surface area contributed by atoms with Gasteiger partial charge >= 0.3 is 6.02 Å². The molecule has 1 aliphatic heterocycles. The second-order valence-electron chi connectivity index (χ2n) is 3.08. The van der Waals surface area contributed by atoms with E-state index in [1.807, 2.05) is 31.2 Å². The van der Waals surface area contributed by atoms with E-state index in [9.17, 15) is 0 Å². The highest BCUT2D eigenvalue weighted by atomic mass is 16.5. The van der Waals surface area contributed by atoms with Crippen molar-refractivity contribution >= 4 is 11.9 Å². The van der Waals surface area contributed by atoms with Gasteiger partial charge in [-0.05, 0) is 31.2 Å². The van der Waals surface area contributed by atoms with E-state index < -0.39 is 0 Å². The average molecular weight is 218 g/mol. The molecule has 0 unspecified atom stereocenters. The molecule has 83 valence electrons. The third-order valence-electron chi connectivity index (χ3n) is 2.05. The van der Waals surface area contributed by atoms with Crippen LogP contribution in [0.25, 0.3) is 0 Å². The minimum atomic E-state index is 0.313. The minimum absolute atomic E-state index is 0.313. The highest BCUT2D eigenvalue weighted by molar-refractivity contribution is 6.07. The number of aliphatic imine (C=N–C) groups is 1. The summed E-state index contributed by atoms with van der Waals surface area (Å²) in [5.41, 5.74) is 4.70. The minimum Gasteiger partial charge on any atom is -0.497 e. The first-order valence-electron chi connectivity index (χ1n) is 4.98. The van der Waals surface area contributed by atoms with E-state index in [1.54, 1.807) is 7.11 Å². The fourth-order valence-electron chi connectivity index (χ4n) is 1.28. The van der Waals surface area contributed by atoms with Crippen molar-refractivity contribution in [1.29, 1.82) is 0 Å². The zero-order valence-corrected chi connectivity index (χ0v) is 9.17. The second kappa shape index (κ2) is 4.65. The van der Waals surface area contributed by atoms with Crippen LogP contribution < -0.4 is 10.2 Å². The number of amidine groups is 2. The van der Waals surface area contributed by atoms with E-state index in [2.05, 4.69) is 15.5 Å². The van der Waals surface area contributed by atoms with Crippen LogP contribution >= 0.6 is 0 Å². The molecule has 0 saturated carbocycles. The summed E-state index contributed by atoms with van der Waals surface area (Å²) in [5, 5.41) is 3.93. The molecule has 2 rings (SSSR count). The third kappa shape index (κ3) is 2.13. The first-order valence-corrected chi connectivity index (χ1v) is 4.98. The van der Waals surface area contributed by atoms with Gasteiger partial charge in [0.2, 0.25) is 0 Å². The van der Waals surface area contributed by atoms with Crippen LogP contribution in [0.3, 0.4) is 0 Å². The molecular weight excluding hydrogens is 206 g/mol. The van der Waals surface area contributed by atoms with E-state index in [4.69, 9.17) is 9.47 Å². The van der Waals surface area contributed by atoms with Crippen molar-refractivity contribution in [2.24, 2.45) is 10.1 Å². The zero-order valence-electron chi connectivity index (χ0n) is 9.17. The predicted molar refractivity (Wildman–Crippen MR) is 60.7 cm³/mol. The van der Waals surface area contributed by atoms with Crippen molar-refractivity contribution in [2.45, 2.75) is 6.92 Å². The molecule has 1 aromatic carbocycles. The van der Waals surface area contributed by atoms with Crippen LogP contribution in [-0.2, 0) is 4.74 Å². The van der Waals surface area contributed by atoms with Gasteiger partial charge in [-0.2, -0.15) is 4.99 Å². The van der Waals surface area contributed by atoms with Gasteiger partial charge in [-0.1, -0.05) is 5.43 Å². The van der Waals surface area contributed by atoms with E-state index in [1.165, 1.54) is 0 Å². The van der Waals surface area contributed by atoms with Gasteiger partial charge in [-0.15, -0.1) is 5.10 Å². The maximum atomic E-state index is 5.14. The van der Waals surface area contributed by atoms with Gasteiger partial charge in [0.25, 0.3) is 0 Å². The van der Waals surface area contributed by atoms with Crippen LogP contribution in [0.4, 0.5) is 0 Å². The summed E-state index contributed by atoms with van der Waals surface area (Å²) in [6.07, 6.45) is 0. The highest BCUT2D eigenvalue weighted by Crippen LogP contribution is 2.13. The molecule has 0 saturated heterocycles. The molecule has 0 N–H and O–H groups in total. The fraction of sp³-hybridized carbons (Fsp3) is 0.273. The first-order chi connectivity index (χ1) is 7.83. The Morgan fingerprint density at radius 3 is 2.56 bits per heavy atom. The summed E-state index contributed by atoms with van der Waals surface area (Å²) in [6.45, 7) is 2.41. The van der Waals surface area contributed by atoms with Gasteiger partial charge in [0, 0.05) is 5.56 Å². The van der Waals surface area contributed by atoms with Crippen molar-refractivity contribution in [2.75, 3.05) is 13.7 Å². The summed E-state index contributed by atoms with van der Waals surface area (Å²) in [4.78, 5) is 4.14. The van der Waals surface area contributed by atoms with Gasteiger partial charge in [-0.3, -0.25) is 0 Å². The summed E-state index contributed by atoms with van der Waals surface area (Å²) in [5.74, 6) is 1.36. The van der Waals surface area contributed by atoms with Gasteiger partial charge in [-0.25, -0.2) is 0 Å². The first kappa shape index (κ1) is 10.5. The lowest BCUT2D eigenvalue weighted by Crippen LogP contribution is -2.10. The Labute approximate surface area is 93.8 Å². The lowest BCUT2D eigenvalue weighted by atomic mass is 10.2. The molecule has 1 aromatic rings. The van der Waals surface area contributed by atoms with Crippen molar-refractivity contribution < 1.29 is 9.47 Å². The van der Waals surface area contributed by atoms with E-state index >= 15 is 0 Å². The number of ether oxygens (including phenoxy) is 2. The Bertz CT molecular complexity index is 423. The molecule has 1 heterocycles. The summed E-state index contributed by atoms with van der Waals surface area (Å²) in [7, 11) is 1.63. The summed E-state index contributed by atoms with van der Waals surface area (Å²) in [6, 6.07) is 7.78. The van der Waals surface area contributed by atoms with Crippen LogP contribution in [0.1, 0.15) is 12.5 Å². The lowest BCUT2D eigenvalue weighted by molar-refractivity contribution is 0.313. The normalized spacial score (nSPS) is 13.9. The molecule has 1 radical (unpaired) electrons. The van der Waals surface area contributed by atoms with E-state index in [-0.39, 0.29) is 0 Å². The van der Waals surface area contributed by atoms with Crippen molar-refractivity contribution in [3.05, 3.63) is 29.8 Å². The summed E-state index contributed by atoms with van der Waals surface area (Å²) >= 11 is 0. The van der Waals surface area contributed by atoms with E-state index in [0.29, 0.717) is 18.5 Å². The molecule has 0 fully saturated rings. The molecule has 16 heavy (non-hydrogen) atoms. The number of hydrogen-bond acceptors (Lipinski definition) is 4. The van der Waals surface area contributed by atoms with Crippen LogP contribution in [0.2, 0.25) is 0 Å². The van der Waals surface area contributed by atoms with Crippen LogP contribution in [-0.4, -0.2) is 25.6 Å². The molecule has 1 aliphatic rings. The third-order valence-corrected chi connectivity index (χ3v) is 2.05. The Hall–Kier alpha value is -2.04. The van der Waals surface area contributed by atoms with Crippen molar-refractivity contribution in [3.63, 3.8) is 0 Å². The quantitative estimate of drug-likeness (QED) is 0.769. The Morgan fingerprint density at radius 1 is 1.19 bits per heavy atom. The van der Waals surface area contributed by atoms with Gasteiger partial charge in [0.1, 0.15) is 5.75 Å². The molecule has 0 atom stereocenters. The van der Waals surface area contributed by atoms with Crippen molar-refractivity contribution in [1.82, 2.24) is 5.43 Å². The Balaban J connectivity index is 2.13. The fourth-order valence-corrected chi connectivity index (χ4v) is 1.28. The number of benzene rings is 1. The standard InChI is InChI=1S/C11H12N3O2/c1-3-16-11-12-10(13-14-11)8-4-6-9(15-2)7-5-8/h4-7H,3H2,1-2H3. The molecule has 0 amide bonds. The Morgan fingerprint density at radius 2 is 1.94 bits per heavy atom. The zero-order chi connectivity index (χ0) is 11.4. The number of nitrogens with zero attached hydrogens (tertiary/aromatic N) is 3. The van der Waals surface area contributed by atoms with Crippen LogP contribution in [0.5, 0.6) is 5.75 Å². The monoisotopic (exact) mass is 218 g/mol. The number of rotatable bonds is 3. The van der Waals surface area contributed by atoms with Gasteiger partial charge in [0.15, 0.2) is 5.84 Å². The molecule has 5 heteroatoms. The van der Waals surface area contributed by atoms with E-state index in [0.717, 1.165) is 11.3 Å². The van der Waals surface area contributed by atoms with Crippen LogP contribution in [0, 0.1) is 0 Å². The number of methoxy groups -OCH3 is 1. The lowest BCUT2D eigenvalue weighted by Gasteiger charge is -2.00. The molecule has 0 spiro atoms. The van der Waals surface area contributed by atoms with Gasteiger partial charge in [0.05, 0.1) is 13.7 Å². The molecule has 5 nitrogen and oxygen atoms in total. The van der Waals surface area contributed by atoms with Crippen LogP contribution in [0.15, 0.2) is 34.4 Å². The predicted octanol–water partition coefficient (Wildman–Crippen LogP) is 1.37. The van der Waals surface area contributed by atoms with Gasteiger partial charge < -0.3 is 9.47 Å². The molecule has 0 aromatic heterocycles. The topological polar surface area (TPSA) is 57.3 Å². The largest absolute Gasteiger partial charge is 0.497 e. The number of hydrogen-bond donors (Lipinski definition) is 0. The SMILES string of the molecule is CCOC1=NC(c2ccc(OC)cc2)=N[N]1. The average Bonchev–Trinajstić information content (AvgIpc) is 2.78. The molecular formula is C11H12N3O2. The highest BCUT2D eigenvalue weighted by Gasteiger charge is 2.14. The Kier molecular flexibility index (Phi) is 3.05. The maximum absolute atomic E-state index is 5.14. The second-order valence-corrected chi connectivity index (χ2v) is 3.08. The smallest absolute Gasteiger partial charge is 0.337 e. The molecule has 0 bridgehead atoms. The molecule has 0 aliphatic carbocycles. The summed E-state index contributed by atoms with van der Waals surface area (Å²) < 4.78 is 10.2. The van der Waals surface area contributed by atoms with Crippen molar-refractivity contribution in [3.8, 4) is 5.75 Å².